The van der Waals surface area contributed by atoms with Crippen LogP contribution in [-0.2, 0) is 15.7 Å². The van der Waals surface area contributed by atoms with Crippen molar-refractivity contribution in [3.05, 3.63) is 35.9 Å². The standard InChI is InChI=1S/C23H30F3N7O2/c1-16(31-20-14-30-29-13-19(20)23(24,25)26)15-35-10-5-21(34)32-6-8-33(9-7-32)22-27-11-18(12-28-22)17-3-2-4-17/h11-14,16-17H,2-10,15H2,1H3,(H,29,31)/t16-/m0/s1. The van der Waals surface area contributed by atoms with E-state index in [4.69, 9.17) is 4.74 Å². The third-order valence-electron chi connectivity index (χ3n) is 6.42. The molecule has 1 saturated carbocycles. The number of halogens is 3. The normalized spacial score (nSPS) is 17.7. The number of anilines is 2. The highest BCUT2D eigenvalue weighted by Crippen LogP contribution is 2.36. The Morgan fingerprint density at radius 3 is 2.43 bits per heavy atom. The summed E-state index contributed by atoms with van der Waals surface area (Å²) < 4.78 is 44.7. The molecule has 0 aromatic carbocycles. The minimum absolute atomic E-state index is 0.01000. The van der Waals surface area contributed by atoms with Crippen LogP contribution in [0.4, 0.5) is 24.8 Å². The third-order valence-corrected chi connectivity index (χ3v) is 6.42. The van der Waals surface area contributed by atoms with Crippen molar-refractivity contribution in [1.29, 1.82) is 0 Å². The van der Waals surface area contributed by atoms with Gasteiger partial charge in [-0.2, -0.15) is 23.4 Å². The molecule has 1 atom stereocenters. The number of nitrogens with one attached hydrogen (secondary N) is 1. The molecule has 2 aromatic rings. The van der Waals surface area contributed by atoms with Crippen LogP contribution in [0.2, 0.25) is 0 Å². The SMILES string of the molecule is C[C@@H](COCCC(=O)N1CCN(c2ncc(C3CCC3)cn2)CC1)Nc1cnncc1C(F)(F)F. The minimum atomic E-state index is -4.53. The van der Waals surface area contributed by atoms with Crippen LogP contribution in [0.1, 0.15) is 49.7 Å². The number of alkyl halides is 3. The molecule has 0 spiro atoms. The van der Waals surface area contributed by atoms with E-state index in [2.05, 4.69) is 30.4 Å². The average Bonchev–Trinajstić information content (AvgIpc) is 2.81. The second-order valence-corrected chi connectivity index (χ2v) is 9.00. The number of hydrogen-bond donors (Lipinski definition) is 1. The summed E-state index contributed by atoms with van der Waals surface area (Å²) >= 11 is 0. The molecule has 9 nitrogen and oxygen atoms in total. The summed E-state index contributed by atoms with van der Waals surface area (Å²) in [6, 6.07) is -0.408. The Balaban J connectivity index is 1.14. The van der Waals surface area contributed by atoms with Crippen molar-refractivity contribution in [3.8, 4) is 0 Å². The van der Waals surface area contributed by atoms with Gasteiger partial charge in [-0.05, 0) is 31.2 Å². The third kappa shape index (κ3) is 6.56. The quantitative estimate of drug-likeness (QED) is 0.533. The van der Waals surface area contributed by atoms with Gasteiger partial charge in [0, 0.05) is 44.6 Å². The Bertz CT molecular complexity index is 978. The highest BCUT2D eigenvalue weighted by Gasteiger charge is 2.34. The number of carbonyl (C=O) groups excluding carboxylic acids is 1. The van der Waals surface area contributed by atoms with Gasteiger partial charge in [-0.3, -0.25) is 4.79 Å². The molecule has 1 aliphatic carbocycles. The highest BCUT2D eigenvalue weighted by atomic mass is 19.4. The van der Waals surface area contributed by atoms with Crippen LogP contribution < -0.4 is 10.2 Å². The van der Waals surface area contributed by atoms with Gasteiger partial charge in [-0.15, -0.1) is 0 Å². The van der Waals surface area contributed by atoms with Crippen LogP contribution in [0.25, 0.3) is 0 Å². The van der Waals surface area contributed by atoms with Crippen LogP contribution >= 0.6 is 0 Å². The summed E-state index contributed by atoms with van der Waals surface area (Å²) in [7, 11) is 0. The number of ether oxygens (including phenoxy) is 1. The molecule has 4 rings (SSSR count). The number of carbonyl (C=O) groups is 1. The van der Waals surface area contributed by atoms with E-state index in [1.54, 1.807) is 11.8 Å². The molecule has 12 heteroatoms. The van der Waals surface area contributed by atoms with Crippen molar-refractivity contribution in [2.45, 2.75) is 50.7 Å². The zero-order chi connectivity index (χ0) is 24.8. The van der Waals surface area contributed by atoms with Crippen molar-refractivity contribution in [2.24, 2.45) is 0 Å². The van der Waals surface area contributed by atoms with Gasteiger partial charge in [-0.25, -0.2) is 9.97 Å². The Kier molecular flexibility index (Phi) is 7.99. The van der Waals surface area contributed by atoms with E-state index >= 15 is 0 Å². The summed E-state index contributed by atoms with van der Waals surface area (Å²) in [5, 5.41) is 9.56. The molecule has 0 bridgehead atoms. The molecule has 2 aliphatic rings. The number of nitrogens with zero attached hydrogens (tertiary/aromatic N) is 6. The minimum Gasteiger partial charge on any atom is -0.379 e. The van der Waals surface area contributed by atoms with E-state index in [1.165, 1.54) is 24.8 Å². The van der Waals surface area contributed by atoms with E-state index in [9.17, 15) is 18.0 Å². The molecule has 1 saturated heterocycles. The maximum absolute atomic E-state index is 13.1. The Hall–Kier alpha value is -3.02. The molecule has 0 unspecified atom stereocenters. The molecular weight excluding hydrogens is 463 g/mol. The molecular formula is C23H30F3N7O2. The van der Waals surface area contributed by atoms with Crippen LogP contribution in [0.3, 0.4) is 0 Å². The highest BCUT2D eigenvalue weighted by molar-refractivity contribution is 5.76. The van der Waals surface area contributed by atoms with Crippen LogP contribution in [0.5, 0.6) is 0 Å². The van der Waals surface area contributed by atoms with Crippen molar-refractivity contribution in [3.63, 3.8) is 0 Å². The first-order valence-corrected chi connectivity index (χ1v) is 11.9. The number of hydrogen-bond acceptors (Lipinski definition) is 8. The van der Waals surface area contributed by atoms with Crippen LogP contribution in [0.15, 0.2) is 24.8 Å². The lowest BCUT2D eigenvalue weighted by Crippen LogP contribution is -2.49. The van der Waals surface area contributed by atoms with Gasteiger partial charge in [0.25, 0.3) is 0 Å². The fraction of sp³-hybridized carbons (Fsp3) is 0.609. The number of aromatic nitrogens is 4. The van der Waals surface area contributed by atoms with E-state index in [-0.39, 0.29) is 31.2 Å². The summed E-state index contributed by atoms with van der Waals surface area (Å²) in [5.41, 5.74) is 0.171. The van der Waals surface area contributed by atoms with Gasteiger partial charge in [-0.1, -0.05) is 6.42 Å². The smallest absolute Gasteiger partial charge is 0.379 e. The van der Waals surface area contributed by atoms with Gasteiger partial charge < -0.3 is 19.9 Å². The summed E-state index contributed by atoms with van der Waals surface area (Å²) in [4.78, 5) is 25.4. The Morgan fingerprint density at radius 2 is 1.80 bits per heavy atom. The fourth-order valence-corrected chi connectivity index (χ4v) is 4.15. The van der Waals surface area contributed by atoms with Crippen molar-refractivity contribution in [2.75, 3.05) is 49.6 Å². The topological polar surface area (TPSA) is 96.4 Å². The molecule has 1 amide bonds. The van der Waals surface area contributed by atoms with E-state index in [1.807, 2.05) is 12.4 Å². The molecule has 2 aromatic heterocycles. The Labute approximate surface area is 202 Å². The summed E-state index contributed by atoms with van der Waals surface area (Å²) in [6.45, 7) is 4.53. The van der Waals surface area contributed by atoms with Gasteiger partial charge in [0.05, 0.1) is 37.7 Å². The molecule has 190 valence electrons. The first-order chi connectivity index (χ1) is 16.8. The molecule has 35 heavy (non-hydrogen) atoms. The fourth-order valence-electron chi connectivity index (χ4n) is 4.15. The summed E-state index contributed by atoms with van der Waals surface area (Å²) in [5.74, 6) is 1.29. The lowest BCUT2D eigenvalue weighted by Gasteiger charge is -2.35. The van der Waals surface area contributed by atoms with Gasteiger partial charge >= 0.3 is 6.18 Å². The summed E-state index contributed by atoms with van der Waals surface area (Å²) in [6.07, 6.45) is 4.95. The van der Waals surface area contributed by atoms with Crippen molar-refractivity contribution < 1.29 is 22.7 Å². The molecule has 3 heterocycles. The lowest BCUT2D eigenvalue weighted by atomic mass is 9.81. The lowest BCUT2D eigenvalue weighted by molar-refractivity contribution is -0.137. The van der Waals surface area contributed by atoms with E-state index in [0.29, 0.717) is 44.2 Å². The molecule has 1 aliphatic heterocycles. The van der Waals surface area contributed by atoms with Gasteiger partial charge in [0.15, 0.2) is 0 Å². The van der Waals surface area contributed by atoms with E-state index in [0.717, 1.165) is 6.20 Å². The van der Waals surface area contributed by atoms with Gasteiger partial charge in [0.2, 0.25) is 11.9 Å². The number of piperazine rings is 1. The monoisotopic (exact) mass is 493 g/mol. The second-order valence-electron chi connectivity index (χ2n) is 9.00. The number of amides is 1. The predicted molar refractivity (Wildman–Crippen MR) is 123 cm³/mol. The zero-order valence-corrected chi connectivity index (χ0v) is 19.7. The first kappa shape index (κ1) is 25.1. The van der Waals surface area contributed by atoms with Crippen molar-refractivity contribution >= 4 is 17.5 Å². The molecule has 1 N–H and O–H groups in total. The number of rotatable bonds is 9. The maximum Gasteiger partial charge on any atom is 0.420 e. The predicted octanol–water partition coefficient (Wildman–Crippen LogP) is 3.11. The zero-order valence-electron chi connectivity index (χ0n) is 19.7. The maximum atomic E-state index is 13.1. The average molecular weight is 494 g/mol. The van der Waals surface area contributed by atoms with Gasteiger partial charge in [0.1, 0.15) is 5.56 Å². The van der Waals surface area contributed by atoms with Crippen LogP contribution in [0, 0.1) is 0 Å². The molecule has 2 fully saturated rings. The Morgan fingerprint density at radius 1 is 1.11 bits per heavy atom. The van der Waals surface area contributed by atoms with Crippen LogP contribution in [-0.4, -0.2) is 76.4 Å². The largest absolute Gasteiger partial charge is 0.420 e. The van der Waals surface area contributed by atoms with E-state index < -0.39 is 17.8 Å². The first-order valence-electron chi connectivity index (χ1n) is 11.9. The van der Waals surface area contributed by atoms with Crippen molar-refractivity contribution in [1.82, 2.24) is 25.1 Å². The second kappa shape index (κ2) is 11.1. The molecule has 0 radical (unpaired) electrons.